The fraction of sp³-hybridized carbons (Fsp3) is 0.188. The maximum Gasteiger partial charge on any atom is 0.258 e. The topological polar surface area (TPSA) is 56.0 Å². The second-order valence-electron chi connectivity index (χ2n) is 5.17. The van der Waals surface area contributed by atoms with Gasteiger partial charge >= 0.3 is 0 Å². The molecule has 0 fully saturated rings. The van der Waals surface area contributed by atoms with E-state index in [0.717, 1.165) is 11.3 Å². The molecule has 3 rings (SSSR count). The second kappa shape index (κ2) is 5.85. The molecule has 3 aromatic rings. The third-order valence-electron chi connectivity index (χ3n) is 3.48. The van der Waals surface area contributed by atoms with Gasteiger partial charge in [-0.2, -0.15) is 5.10 Å². The molecule has 0 saturated heterocycles. The minimum Gasteiger partial charge on any atom is -0.333 e. The minimum atomic E-state index is -0.0551. The van der Waals surface area contributed by atoms with E-state index < -0.39 is 0 Å². The molecule has 0 unspecified atom stereocenters. The fourth-order valence-electron chi connectivity index (χ4n) is 2.29. The maximum atomic E-state index is 12.6. The van der Waals surface area contributed by atoms with Crippen molar-refractivity contribution in [2.45, 2.75) is 6.54 Å². The first-order chi connectivity index (χ1) is 10.6. The average molecular weight is 295 g/mol. The summed E-state index contributed by atoms with van der Waals surface area (Å²) in [6.45, 7) is 0.692. The summed E-state index contributed by atoms with van der Waals surface area (Å²) in [5, 5.41) is 4.09. The maximum absolute atomic E-state index is 12.6. The van der Waals surface area contributed by atoms with Crippen LogP contribution in [0, 0.1) is 0 Å². The van der Waals surface area contributed by atoms with Crippen molar-refractivity contribution in [2.24, 2.45) is 7.05 Å². The number of imidazole rings is 1. The lowest BCUT2D eigenvalue weighted by Crippen LogP contribution is -2.26. The van der Waals surface area contributed by atoms with Gasteiger partial charge in [0.25, 0.3) is 5.91 Å². The first-order valence-electron chi connectivity index (χ1n) is 6.95. The van der Waals surface area contributed by atoms with E-state index >= 15 is 0 Å². The number of aryl methyl sites for hydroxylation is 1. The monoisotopic (exact) mass is 295 g/mol. The van der Waals surface area contributed by atoms with Gasteiger partial charge in [-0.05, 0) is 17.7 Å². The highest BCUT2D eigenvalue weighted by Crippen LogP contribution is 2.15. The summed E-state index contributed by atoms with van der Waals surface area (Å²) in [6, 6.07) is 7.64. The molecule has 0 aliphatic heterocycles. The summed E-state index contributed by atoms with van der Waals surface area (Å²) >= 11 is 0. The van der Waals surface area contributed by atoms with Crippen LogP contribution in [0.1, 0.15) is 15.9 Å². The lowest BCUT2D eigenvalue weighted by molar-refractivity contribution is 0.0993. The molecule has 1 amide bonds. The highest BCUT2D eigenvalue weighted by atomic mass is 16.2. The molecule has 0 aliphatic carbocycles. The number of carbonyl (C=O) groups is 1. The molecule has 0 spiro atoms. The van der Waals surface area contributed by atoms with Crippen LogP contribution >= 0.6 is 0 Å². The summed E-state index contributed by atoms with van der Waals surface area (Å²) in [6.07, 6.45) is 8.89. The van der Waals surface area contributed by atoms with Crippen LogP contribution < -0.4 is 4.90 Å². The first kappa shape index (κ1) is 14.1. The van der Waals surface area contributed by atoms with Crippen molar-refractivity contribution in [3.8, 4) is 0 Å². The Kier molecular flexibility index (Phi) is 3.74. The van der Waals surface area contributed by atoms with Crippen LogP contribution in [0.25, 0.3) is 0 Å². The van der Waals surface area contributed by atoms with Crippen molar-refractivity contribution in [3.05, 3.63) is 66.5 Å². The molecule has 0 radical (unpaired) electrons. The molecule has 22 heavy (non-hydrogen) atoms. The lowest BCUT2D eigenvalue weighted by atomic mass is 10.1. The van der Waals surface area contributed by atoms with E-state index in [2.05, 4.69) is 10.1 Å². The third kappa shape index (κ3) is 2.90. The number of benzene rings is 1. The van der Waals surface area contributed by atoms with E-state index in [1.54, 1.807) is 35.4 Å². The van der Waals surface area contributed by atoms with Gasteiger partial charge in [0.2, 0.25) is 0 Å². The van der Waals surface area contributed by atoms with Gasteiger partial charge in [-0.15, -0.1) is 0 Å². The number of aromatic nitrogens is 4. The Bertz CT molecular complexity index is 775. The number of carbonyl (C=O) groups excluding carboxylic acids is 1. The van der Waals surface area contributed by atoms with E-state index in [0.29, 0.717) is 12.1 Å². The molecule has 0 aliphatic rings. The largest absolute Gasteiger partial charge is 0.333 e. The van der Waals surface area contributed by atoms with Gasteiger partial charge in [-0.1, -0.05) is 12.1 Å². The Labute approximate surface area is 128 Å². The molecule has 6 nitrogen and oxygen atoms in total. The lowest BCUT2D eigenvalue weighted by Gasteiger charge is -2.15. The minimum absolute atomic E-state index is 0.0551. The number of hydrogen-bond donors (Lipinski definition) is 0. The zero-order valence-corrected chi connectivity index (χ0v) is 12.5. The molecule has 1 aromatic carbocycles. The summed E-state index contributed by atoms with van der Waals surface area (Å²) in [5.74, 6) is -0.0551. The van der Waals surface area contributed by atoms with Crippen molar-refractivity contribution in [1.29, 1.82) is 0 Å². The second-order valence-corrected chi connectivity index (χ2v) is 5.17. The molecule has 0 N–H and O–H groups in total. The van der Waals surface area contributed by atoms with Crippen molar-refractivity contribution in [1.82, 2.24) is 19.3 Å². The Hall–Kier alpha value is -2.89. The Morgan fingerprint density at radius 2 is 2.23 bits per heavy atom. The van der Waals surface area contributed by atoms with Crippen molar-refractivity contribution in [2.75, 3.05) is 11.9 Å². The number of rotatable bonds is 4. The van der Waals surface area contributed by atoms with Crippen molar-refractivity contribution in [3.63, 3.8) is 0 Å². The molecular formula is C16H17N5O. The predicted octanol–water partition coefficient (Wildman–Crippen LogP) is 1.94. The van der Waals surface area contributed by atoms with Crippen LogP contribution in [0.4, 0.5) is 5.69 Å². The smallest absolute Gasteiger partial charge is 0.258 e. The summed E-state index contributed by atoms with van der Waals surface area (Å²) < 4.78 is 3.64. The van der Waals surface area contributed by atoms with Crippen LogP contribution in [0.5, 0.6) is 0 Å². The summed E-state index contributed by atoms with van der Waals surface area (Å²) in [7, 11) is 3.58. The molecule has 2 aromatic heterocycles. The van der Waals surface area contributed by atoms with Crippen LogP contribution in [0.2, 0.25) is 0 Å². The quantitative estimate of drug-likeness (QED) is 0.739. The van der Waals surface area contributed by atoms with Gasteiger partial charge in [0.05, 0.1) is 18.2 Å². The van der Waals surface area contributed by atoms with Gasteiger partial charge in [0.1, 0.15) is 0 Å². The van der Waals surface area contributed by atoms with E-state index in [9.17, 15) is 4.79 Å². The van der Waals surface area contributed by atoms with Crippen molar-refractivity contribution < 1.29 is 4.79 Å². The van der Waals surface area contributed by atoms with Crippen LogP contribution in [0.15, 0.2) is 55.4 Å². The summed E-state index contributed by atoms with van der Waals surface area (Å²) in [5.41, 5.74) is 2.49. The zero-order valence-electron chi connectivity index (χ0n) is 12.5. The number of hydrogen-bond acceptors (Lipinski definition) is 3. The summed E-state index contributed by atoms with van der Waals surface area (Å²) in [4.78, 5) is 18.2. The normalized spacial score (nSPS) is 10.6. The van der Waals surface area contributed by atoms with Crippen LogP contribution in [-0.4, -0.2) is 32.3 Å². The Morgan fingerprint density at radius 1 is 1.36 bits per heavy atom. The number of amides is 1. The SMILES string of the molecule is CN(C(=O)c1cccc(Cn2ccnc2)c1)c1cnn(C)c1. The van der Waals surface area contributed by atoms with Crippen LogP contribution in [-0.2, 0) is 13.6 Å². The van der Waals surface area contributed by atoms with Crippen LogP contribution in [0.3, 0.4) is 0 Å². The standard InChI is InChI=1S/C16H17N5O/c1-19-11-15(9-18-19)20(2)16(22)14-5-3-4-13(8-14)10-21-7-6-17-12-21/h3-9,11-12H,10H2,1-2H3. The molecule has 0 saturated carbocycles. The van der Waals surface area contributed by atoms with E-state index in [4.69, 9.17) is 0 Å². The Balaban J connectivity index is 1.80. The van der Waals surface area contributed by atoms with Gasteiger partial charge in [-0.25, -0.2) is 4.98 Å². The van der Waals surface area contributed by atoms with E-state index in [-0.39, 0.29) is 5.91 Å². The van der Waals surface area contributed by atoms with Gasteiger partial charge in [0.15, 0.2) is 0 Å². The first-order valence-corrected chi connectivity index (χ1v) is 6.95. The van der Waals surface area contributed by atoms with E-state index in [1.807, 2.05) is 48.3 Å². The molecule has 0 bridgehead atoms. The average Bonchev–Trinajstić information content (AvgIpc) is 3.18. The van der Waals surface area contributed by atoms with Crippen molar-refractivity contribution >= 4 is 11.6 Å². The highest BCUT2D eigenvalue weighted by Gasteiger charge is 2.15. The Morgan fingerprint density at radius 3 is 2.91 bits per heavy atom. The number of nitrogens with zero attached hydrogens (tertiary/aromatic N) is 5. The molecule has 6 heteroatoms. The van der Waals surface area contributed by atoms with Gasteiger partial charge < -0.3 is 9.47 Å². The number of anilines is 1. The third-order valence-corrected chi connectivity index (χ3v) is 3.48. The van der Waals surface area contributed by atoms with Gasteiger partial charge in [0, 0.05) is 44.8 Å². The fourth-order valence-corrected chi connectivity index (χ4v) is 2.29. The molecule has 0 atom stereocenters. The van der Waals surface area contributed by atoms with Gasteiger partial charge in [-0.3, -0.25) is 9.48 Å². The zero-order chi connectivity index (χ0) is 15.5. The predicted molar refractivity (Wildman–Crippen MR) is 83.7 cm³/mol. The highest BCUT2D eigenvalue weighted by molar-refractivity contribution is 6.05. The van der Waals surface area contributed by atoms with E-state index in [1.165, 1.54) is 0 Å². The molecule has 112 valence electrons. The molecule has 2 heterocycles. The molecular weight excluding hydrogens is 278 g/mol.